The van der Waals surface area contributed by atoms with Crippen molar-refractivity contribution in [1.82, 2.24) is 0 Å². The number of rotatable bonds is 16. The molecule has 4 heterocycles. The van der Waals surface area contributed by atoms with Crippen molar-refractivity contribution in [3.63, 3.8) is 0 Å². The van der Waals surface area contributed by atoms with Crippen LogP contribution < -0.4 is 19.7 Å². The van der Waals surface area contributed by atoms with Gasteiger partial charge in [-0.25, -0.2) is 0 Å². The number of hydrogen-bond acceptors (Lipinski definition) is 12. The van der Waals surface area contributed by atoms with E-state index in [-0.39, 0.29) is 37.7 Å². The summed E-state index contributed by atoms with van der Waals surface area (Å²) in [5.74, 6) is -1.00. The first-order valence-electron chi connectivity index (χ1n) is 18.7. The van der Waals surface area contributed by atoms with Gasteiger partial charge in [0.2, 0.25) is 0 Å². The number of carboxylic acid groups (broad SMARTS) is 2. The minimum atomic E-state index is -1.24. The normalized spacial score (nSPS) is 14.7. The molecule has 0 amide bonds. The molecule has 0 aliphatic carbocycles. The molecular weight excluding hydrogens is 817 g/mol. The van der Waals surface area contributed by atoms with E-state index >= 15 is 0 Å². The van der Waals surface area contributed by atoms with Crippen molar-refractivity contribution < 1.29 is 48.2 Å². The molecule has 2 saturated heterocycles. The maximum Gasteiger partial charge on any atom is 2.00 e. The Kier molecular flexibility index (Phi) is 15.4. The third-order valence-electron chi connectivity index (χ3n) is 9.75. The van der Waals surface area contributed by atoms with Gasteiger partial charge in [-0.05, 0) is 108 Å². The molecule has 0 radical (unpaired) electrons. The molecule has 0 bridgehead atoms. The molecule has 0 atom stereocenters. The molecule has 2 aliphatic heterocycles. The third-order valence-corrected chi connectivity index (χ3v) is 11.8. The molecule has 0 saturated carbocycles. The minimum Gasteiger partial charge on any atom is -0.548 e. The Morgan fingerprint density at radius 2 is 0.966 bits per heavy atom. The van der Waals surface area contributed by atoms with Crippen LogP contribution in [0.15, 0.2) is 121 Å². The van der Waals surface area contributed by atoms with Crippen molar-refractivity contribution in [2.24, 2.45) is 0 Å². The number of aliphatic carboxylic acids is 2. The van der Waals surface area contributed by atoms with Crippen molar-refractivity contribution in [1.29, 1.82) is 0 Å². The molecule has 0 spiro atoms. The summed E-state index contributed by atoms with van der Waals surface area (Å²) in [5, 5.41) is 21.4. The van der Waals surface area contributed by atoms with Gasteiger partial charge < -0.3 is 48.2 Å². The fourth-order valence-electron chi connectivity index (χ4n) is 6.49. The largest absolute Gasteiger partial charge is 2.00 e. The van der Waals surface area contributed by atoms with E-state index in [1.54, 1.807) is 22.7 Å². The predicted molar refractivity (Wildman–Crippen MR) is 223 cm³/mol. The summed E-state index contributed by atoms with van der Waals surface area (Å²) in [6.07, 6.45) is 0. The topological polar surface area (TPSA) is 136 Å². The standard InChI is InChI=1S/2C23H22O5S.Ca/c2*1-16-5-10-21(29-16)18-4-2-3-17(11-18)12-27-20-8-6-19(7-9-20)23(14-26-15-23)28-13-22(24)25;/h2*2-11H,12-15H2,1H3,(H,24,25);/q;;+2/p-2. The average Bonchev–Trinajstić information content (AvgIpc) is 3.84. The van der Waals surface area contributed by atoms with Crippen LogP contribution in [0.2, 0.25) is 0 Å². The predicted octanol–water partition coefficient (Wildman–Crippen LogP) is 6.21. The van der Waals surface area contributed by atoms with Crippen molar-refractivity contribution in [3.8, 4) is 32.4 Å². The van der Waals surface area contributed by atoms with E-state index in [1.807, 2.05) is 72.8 Å². The van der Waals surface area contributed by atoms with Crippen LogP contribution in [0.1, 0.15) is 32.0 Å². The molecular formula is C46H42CaO10S2. The second kappa shape index (κ2) is 20.5. The van der Waals surface area contributed by atoms with E-state index < -0.39 is 36.4 Å². The molecule has 2 aromatic heterocycles. The maximum absolute atomic E-state index is 10.7. The van der Waals surface area contributed by atoms with Gasteiger partial charge in [0.25, 0.3) is 0 Å². The van der Waals surface area contributed by atoms with E-state index in [9.17, 15) is 19.8 Å². The summed E-state index contributed by atoms with van der Waals surface area (Å²) >= 11 is 3.56. The molecule has 59 heavy (non-hydrogen) atoms. The average molecular weight is 859 g/mol. The van der Waals surface area contributed by atoms with Crippen LogP contribution in [-0.2, 0) is 53.0 Å². The Morgan fingerprint density at radius 3 is 1.27 bits per heavy atom. The smallest absolute Gasteiger partial charge is 0.548 e. The zero-order valence-electron chi connectivity index (χ0n) is 32.8. The minimum absolute atomic E-state index is 0. The summed E-state index contributed by atoms with van der Waals surface area (Å²) in [6, 6.07) is 40.2. The van der Waals surface area contributed by atoms with Crippen molar-refractivity contribution in [2.45, 2.75) is 38.3 Å². The van der Waals surface area contributed by atoms with E-state index in [4.69, 9.17) is 28.4 Å². The number of carboxylic acids is 2. The SMILES string of the molecule is Cc1ccc(-c2cccc(COc3ccc(C4(OCC(=O)[O-])COC4)cc3)c2)s1.Cc1ccc(-c2cccc(COc3ccc(C4(OCC(=O)[O-])COC4)cc3)c2)s1.[Ca+2]. The number of thiophene rings is 2. The molecule has 6 aromatic rings. The first-order valence-corrected chi connectivity index (χ1v) is 20.3. The molecule has 13 heteroatoms. The number of ether oxygens (including phenoxy) is 6. The molecule has 8 rings (SSSR count). The molecule has 2 aliphatic rings. The van der Waals surface area contributed by atoms with Gasteiger partial charge in [0.05, 0.1) is 51.6 Å². The number of carbonyl (C=O) groups is 2. The molecule has 4 aromatic carbocycles. The van der Waals surface area contributed by atoms with Gasteiger partial charge in [0.15, 0.2) is 0 Å². The van der Waals surface area contributed by atoms with Crippen LogP contribution in [0.5, 0.6) is 11.5 Å². The first-order chi connectivity index (χ1) is 28.1. The van der Waals surface area contributed by atoms with E-state index in [0.717, 1.165) is 33.8 Å². The van der Waals surface area contributed by atoms with Gasteiger partial charge in [0.1, 0.15) is 35.9 Å². The quantitative estimate of drug-likeness (QED) is 0.104. The van der Waals surface area contributed by atoms with Crippen molar-refractivity contribution >= 4 is 72.4 Å². The van der Waals surface area contributed by atoms with Gasteiger partial charge in [-0.1, -0.05) is 60.7 Å². The number of hydrogen-bond donors (Lipinski definition) is 0. The second-order valence-electron chi connectivity index (χ2n) is 14.1. The maximum atomic E-state index is 10.7. The fraction of sp³-hybridized carbons (Fsp3) is 0.261. The second-order valence-corrected chi connectivity index (χ2v) is 16.7. The van der Waals surface area contributed by atoms with E-state index in [0.29, 0.717) is 39.6 Å². The molecule has 10 nitrogen and oxygen atoms in total. The van der Waals surface area contributed by atoms with Crippen LogP contribution in [-0.4, -0.2) is 89.3 Å². The molecule has 2 fully saturated rings. The molecule has 0 N–H and O–H groups in total. The van der Waals surface area contributed by atoms with Gasteiger partial charge in [-0.2, -0.15) is 0 Å². The van der Waals surface area contributed by atoms with E-state index in [1.165, 1.54) is 30.6 Å². The van der Waals surface area contributed by atoms with Gasteiger partial charge in [-0.3, -0.25) is 0 Å². The number of benzene rings is 4. The summed E-state index contributed by atoms with van der Waals surface area (Å²) in [5.41, 5.74) is 4.88. The zero-order chi connectivity index (χ0) is 40.5. The Bertz CT molecular complexity index is 2150. The van der Waals surface area contributed by atoms with Gasteiger partial charge >= 0.3 is 37.7 Å². The van der Waals surface area contributed by atoms with Crippen molar-refractivity contribution in [2.75, 3.05) is 39.6 Å². The van der Waals surface area contributed by atoms with E-state index in [2.05, 4.69) is 62.4 Å². The van der Waals surface area contributed by atoms with Gasteiger partial charge in [-0.15, -0.1) is 22.7 Å². The van der Waals surface area contributed by atoms with Crippen LogP contribution in [0.3, 0.4) is 0 Å². The van der Waals surface area contributed by atoms with Gasteiger partial charge in [0, 0.05) is 19.5 Å². The Morgan fingerprint density at radius 1 is 0.576 bits per heavy atom. The monoisotopic (exact) mass is 858 g/mol. The zero-order valence-corrected chi connectivity index (χ0v) is 36.7. The molecule has 300 valence electrons. The number of carbonyl (C=O) groups excluding carboxylic acids is 2. The van der Waals surface area contributed by atoms with Crippen LogP contribution in [0, 0.1) is 13.8 Å². The summed E-state index contributed by atoms with van der Waals surface area (Å²) < 4.78 is 33.4. The van der Waals surface area contributed by atoms with Crippen LogP contribution >= 0.6 is 22.7 Å². The third kappa shape index (κ3) is 11.6. The Labute approximate surface area is 381 Å². The molecule has 0 unspecified atom stereocenters. The van der Waals surface area contributed by atoms with Crippen molar-refractivity contribution in [3.05, 3.63) is 153 Å². The Balaban J connectivity index is 0.000000195. The summed E-state index contributed by atoms with van der Waals surface area (Å²) in [6.45, 7) is 5.54. The summed E-state index contributed by atoms with van der Waals surface area (Å²) in [7, 11) is 0. The van der Waals surface area contributed by atoms with Crippen LogP contribution in [0.25, 0.3) is 20.9 Å². The Hall–Kier alpha value is -4.08. The first kappa shape index (κ1) is 44.5. The van der Waals surface area contributed by atoms with Crippen LogP contribution in [0.4, 0.5) is 0 Å². The summed E-state index contributed by atoms with van der Waals surface area (Å²) in [4.78, 5) is 26.5. The number of aryl methyl sites for hydroxylation is 2. The fourth-order valence-corrected chi connectivity index (χ4v) is 8.21.